The van der Waals surface area contributed by atoms with Crippen molar-refractivity contribution in [3.8, 4) is 0 Å². The zero-order valence-electron chi connectivity index (χ0n) is 7.94. The average molecular weight is 194 g/mol. The molecule has 5 heteroatoms. The Morgan fingerprint density at radius 2 is 1.93 bits per heavy atom. The van der Waals surface area contributed by atoms with Crippen LogP contribution in [0.5, 0.6) is 0 Å². The van der Waals surface area contributed by atoms with E-state index in [1.165, 1.54) is 12.1 Å². The molecule has 0 unspecified atom stereocenters. The molecule has 0 spiro atoms. The van der Waals surface area contributed by atoms with Gasteiger partial charge in [0.2, 0.25) is 5.88 Å². The third-order valence-electron chi connectivity index (χ3n) is 2.60. The van der Waals surface area contributed by atoms with Crippen LogP contribution in [-0.4, -0.2) is 19.7 Å². The van der Waals surface area contributed by atoms with E-state index in [-0.39, 0.29) is 0 Å². The lowest BCUT2D eigenvalue weighted by molar-refractivity contribution is 0.165. The SMILES string of the molecule is C1CNC2=C(C1)NC1=C(NCCO1)N2. The minimum absolute atomic E-state index is 0.726. The van der Waals surface area contributed by atoms with Crippen LogP contribution in [0.3, 0.4) is 0 Å². The Bertz CT molecular complexity index is 261. The second-order valence-electron chi connectivity index (χ2n) is 3.61. The van der Waals surface area contributed by atoms with E-state index in [2.05, 4.69) is 21.3 Å². The average Bonchev–Trinajstić information content (AvgIpc) is 2.26. The first-order chi connectivity index (χ1) is 6.93. The van der Waals surface area contributed by atoms with Gasteiger partial charge < -0.3 is 26.0 Å². The normalized spacial score (nSPS) is 24.6. The quantitative estimate of drug-likeness (QED) is 0.418. The molecule has 14 heavy (non-hydrogen) atoms. The molecular formula is C9H14N4O. The maximum Gasteiger partial charge on any atom is 0.233 e. The van der Waals surface area contributed by atoms with E-state index < -0.39 is 0 Å². The smallest absolute Gasteiger partial charge is 0.233 e. The number of ether oxygens (including phenoxy) is 1. The van der Waals surface area contributed by atoms with Crippen molar-refractivity contribution in [3.05, 3.63) is 23.2 Å². The number of allylic oxidation sites excluding steroid dienone is 1. The largest absolute Gasteiger partial charge is 0.475 e. The van der Waals surface area contributed by atoms with Gasteiger partial charge in [-0.05, 0) is 12.8 Å². The predicted molar refractivity (Wildman–Crippen MR) is 51.5 cm³/mol. The van der Waals surface area contributed by atoms with Crippen LogP contribution >= 0.6 is 0 Å². The van der Waals surface area contributed by atoms with Crippen LogP contribution in [0.15, 0.2) is 23.2 Å². The van der Waals surface area contributed by atoms with E-state index in [4.69, 9.17) is 4.74 Å². The predicted octanol–water partition coefficient (Wildman–Crippen LogP) is -0.522. The second-order valence-corrected chi connectivity index (χ2v) is 3.61. The van der Waals surface area contributed by atoms with Crippen LogP contribution in [0.4, 0.5) is 0 Å². The molecule has 0 aromatic heterocycles. The molecule has 3 heterocycles. The first-order valence-electron chi connectivity index (χ1n) is 5.05. The molecule has 4 N–H and O–H groups in total. The number of hydrogen-bond donors (Lipinski definition) is 4. The highest BCUT2D eigenvalue weighted by atomic mass is 16.5. The summed E-state index contributed by atoms with van der Waals surface area (Å²) in [5.74, 6) is 2.87. The van der Waals surface area contributed by atoms with Gasteiger partial charge in [-0.2, -0.15) is 0 Å². The molecule has 76 valence electrons. The highest BCUT2D eigenvalue weighted by Gasteiger charge is 2.24. The maximum absolute atomic E-state index is 5.51. The molecule has 0 radical (unpaired) electrons. The van der Waals surface area contributed by atoms with Crippen LogP contribution < -0.4 is 21.3 Å². The zero-order valence-corrected chi connectivity index (χ0v) is 7.94. The number of nitrogens with one attached hydrogen (secondary N) is 4. The Balaban J connectivity index is 1.84. The molecule has 0 aromatic carbocycles. The van der Waals surface area contributed by atoms with E-state index in [0.29, 0.717) is 0 Å². The molecule has 0 fully saturated rings. The van der Waals surface area contributed by atoms with Gasteiger partial charge >= 0.3 is 0 Å². The van der Waals surface area contributed by atoms with E-state index in [0.717, 1.165) is 43.6 Å². The highest BCUT2D eigenvalue weighted by Crippen LogP contribution is 2.19. The van der Waals surface area contributed by atoms with Crippen molar-refractivity contribution in [2.75, 3.05) is 19.7 Å². The number of rotatable bonds is 0. The molecule has 0 bridgehead atoms. The fourth-order valence-electron chi connectivity index (χ4n) is 1.90. The van der Waals surface area contributed by atoms with Crippen molar-refractivity contribution in [1.82, 2.24) is 21.3 Å². The van der Waals surface area contributed by atoms with E-state index in [1.807, 2.05) is 0 Å². The molecular weight excluding hydrogens is 180 g/mol. The Hall–Kier alpha value is -1.52. The lowest BCUT2D eigenvalue weighted by Gasteiger charge is -2.33. The lowest BCUT2D eigenvalue weighted by atomic mass is 10.1. The monoisotopic (exact) mass is 194 g/mol. The maximum atomic E-state index is 5.51. The Morgan fingerprint density at radius 1 is 1.00 bits per heavy atom. The molecule has 0 saturated heterocycles. The van der Waals surface area contributed by atoms with Gasteiger partial charge in [-0.1, -0.05) is 0 Å². The summed E-state index contributed by atoms with van der Waals surface area (Å²) in [7, 11) is 0. The molecule has 0 aliphatic carbocycles. The summed E-state index contributed by atoms with van der Waals surface area (Å²) in [6.45, 7) is 2.62. The van der Waals surface area contributed by atoms with Crippen molar-refractivity contribution in [2.45, 2.75) is 12.8 Å². The Morgan fingerprint density at radius 3 is 2.93 bits per heavy atom. The molecule has 0 saturated carbocycles. The van der Waals surface area contributed by atoms with Gasteiger partial charge in [0, 0.05) is 6.54 Å². The Labute approximate surface area is 82.6 Å². The fraction of sp³-hybridized carbons (Fsp3) is 0.556. The number of hydrogen-bond acceptors (Lipinski definition) is 5. The van der Waals surface area contributed by atoms with Crippen molar-refractivity contribution in [1.29, 1.82) is 0 Å². The zero-order chi connectivity index (χ0) is 9.38. The van der Waals surface area contributed by atoms with Gasteiger partial charge in [-0.3, -0.25) is 0 Å². The minimum atomic E-state index is 0.726. The van der Waals surface area contributed by atoms with Crippen LogP contribution in [-0.2, 0) is 4.74 Å². The van der Waals surface area contributed by atoms with Gasteiger partial charge in [0.1, 0.15) is 12.4 Å². The third-order valence-corrected chi connectivity index (χ3v) is 2.60. The summed E-state index contributed by atoms with van der Waals surface area (Å²) in [5.41, 5.74) is 1.21. The molecule has 0 atom stereocenters. The molecule has 5 nitrogen and oxygen atoms in total. The van der Waals surface area contributed by atoms with E-state index in [1.54, 1.807) is 0 Å². The second kappa shape index (κ2) is 3.01. The van der Waals surface area contributed by atoms with Crippen molar-refractivity contribution >= 4 is 0 Å². The molecule has 3 aliphatic heterocycles. The highest BCUT2D eigenvalue weighted by molar-refractivity contribution is 5.27. The molecule has 0 aromatic rings. The molecule has 3 aliphatic rings. The summed E-state index contributed by atoms with van der Waals surface area (Å²) < 4.78 is 5.51. The fourth-order valence-corrected chi connectivity index (χ4v) is 1.90. The summed E-state index contributed by atoms with van der Waals surface area (Å²) >= 11 is 0. The lowest BCUT2D eigenvalue weighted by Crippen LogP contribution is -2.47. The first-order valence-corrected chi connectivity index (χ1v) is 5.05. The van der Waals surface area contributed by atoms with Crippen molar-refractivity contribution in [2.24, 2.45) is 0 Å². The molecule has 0 amide bonds. The van der Waals surface area contributed by atoms with Crippen LogP contribution in [0.2, 0.25) is 0 Å². The Kier molecular flexibility index (Phi) is 1.68. The molecule has 3 rings (SSSR count). The summed E-state index contributed by atoms with van der Waals surface area (Å²) in [6, 6.07) is 0. The van der Waals surface area contributed by atoms with Crippen LogP contribution in [0, 0.1) is 0 Å². The van der Waals surface area contributed by atoms with Gasteiger partial charge in [-0.25, -0.2) is 0 Å². The minimum Gasteiger partial charge on any atom is -0.475 e. The van der Waals surface area contributed by atoms with Crippen LogP contribution in [0.1, 0.15) is 12.8 Å². The third kappa shape index (κ3) is 1.16. The van der Waals surface area contributed by atoms with Gasteiger partial charge in [0.15, 0.2) is 5.82 Å². The van der Waals surface area contributed by atoms with Gasteiger partial charge in [0.05, 0.1) is 12.2 Å². The first kappa shape index (κ1) is 7.84. The van der Waals surface area contributed by atoms with Gasteiger partial charge in [-0.15, -0.1) is 0 Å². The summed E-state index contributed by atoms with van der Waals surface area (Å²) in [6.07, 6.45) is 2.25. The van der Waals surface area contributed by atoms with Crippen LogP contribution in [0.25, 0.3) is 0 Å². The van der Waals surface area contributed by atoms with E-state index in [9.17, 15) is 0 Å². The standard InChI is InChI=1S/C9H14N4O/c1-2-6-7(10-3-1)13-8-9(12-6)14-5-4-11-8/h10-13H,1-5H2. The van der Waals surface area contributed by atoms with Crippen molar-refractivity contribution in [3.63, 3.8) is 0 Å². The van der Waals surface area contributed by atoms with Gasteiger partial charge in [0.25, 0.3) is 0 Å². The summed E-state index contributed by atoms with van der Waals surface area (Å²) in [5, 5.41) is 13.2. The van der Waals surface area contributed by atoms with E-state index >= 15 is 0 Å². The van der Waals surface area contributed by atoms with Crippen molar-refractivity contribution < 1.29 is 4.74 Å². The summed E-state index contributed by atoms with van der Waals surface area (Å²) in [4.78, 5) is 0. The topological polar surface area (TPSA) is 57.3 Å².